The van der Waals surface area contributed by atoms with Gasteiger partial charge in [0.2, 0.25) is 10.0 Å². The fourth-order valence-electron chi connectivity index (χ4n) is 2.68. The smallest absolute Gasteiger partial charge is 0.342 e. The van der Waals surface area contributed by atoms with Crippen molar-refractivity contribution in [2.45, 2.75) is 6.92 Å². The van der Waals surface area contributed by atoms with Crippen LogP contribution in [0.1, 0.15) is 17.3 Å². The lowest BCUT2D eigenvalue weighted by Gasteiger charge is -2.16. The van der Waals surface area contributed by atoms with E-state index in [1.165, 1.54) is 37.4 Å². The Morgan fingerprint density at radius 2 is 1.85 bits per heavy atom. The SMILES string of the molecule is CCOC(=O)c1c(-c2ccc(F)cc2)oc2cc(N(C)S(C)(=O)=O)ccc12. The number of hydrogen-bond acceptors (Lipinski definition) is 5. The van der Waals surface area contributed by atoms with E-state index in [-0.39, 0.29) is 17.9 Å². The lowest BCUT2D eigenvalue weighted by Crippen LogP contribution is -2.24. The fraction of sp³-hybridized carbons (Fsp3) is 0.211. The molecule has 0 bridgehead atoms. The average molecular weight is 391 g/mol. The predicted molar refractivity (Wildman–Crippen MR) is 101 cm³/mol. The van der Waals surface area contributed by atoms with Gasteiger partial charge in [-0.25, -0.2) is 17.6 Å². The molecule has 0 aliphatic rings. The van der Waals surface area contributed by atoms with E-state index in [2.05, 4.69) is 0 Å². The van der Waals surface area contributed by atoms with E-state index in [4.69, 9.17) is 9.15 Å². The largest absolute Gasteiger partial charge is 0.462 e. The summed E-state index contributed by atoms with van der Waals surface area (Å²) in [6.07, 6.45) is 1.09. The van der Waals surface area contributed by atoms with Gasteiger partial charge in [0, 0.05) is 24.1 Å². The molecule has 0 aliphatic carbocycles. The second-order valence-corrected chi connectivity index (χ2v) is 7.96. The number of benzene rings is 2. The van der Waals surface area contributed by atoms with Crippen molar-refractivity contribution in [3.63, 3.8) is 0 Å². The molecule has 0 N–H and O–H groups in total. The van der Waals surface area contributed by atoms with E-state index in [1.807, 2.05) is 0 Å². The highest BCUT2D eigenvalue weighted by atomic mass is 32.2. The molecule has 8 heteroatoms. The van der Waals surface area contributed by atoms with Gasteiger partial charge in [-0.1, -0.05) is 0 Å². The first kappa shape index (κ1) is 18.9. The molecule has 0 spiro atoms. The van der Waals surface area contributed by atoms with Gasteiger partial charge in [-0.05, 0) is 43.3 Å². The summed E-state index contributed by atoms with van der Waals surface area (Å²) in [4.78, 5) is 12.5. The monoisotopic (exact) mass is 391 g/mol. The third-order valence-corrected chi connectivity index (χ3v) is 5.33. The van der Waals surface area contributed by atoms with E-state index in [0.29, 0.717) is 22.2 Å². The van der Waals surface area contributed by atoms with Crippen molar-refractivity contribution < 1.29 is 26.8 Å². The highest BCUT2D eigenvalue weighted by Gasteiger charge is 2.24. The van der Waals surface area contributed by atoms with Crippen molar-refractivity contribution in [1.82, 2.24) is 0 Å². The summed E-state index contributed by atoms with van der Waals surface area (Å²) >= 11 is 0. The number of fused-ring (bicyclic) bond motifs is 1. The standard InChI is InChI=1S/C19H18FNO5S/c1-4-25-19(22)17-15-10-9-14(21(2)27(3,23)24)11-16(15)26-18(17)12-5-7-13(20)8-6-12/h5-11H,4H2,1-3H3. The van der Waals surface area contributed by atoms with Crippen molar-refractivity contribution in [3.8, 4) is 11.3 Å². The Hall–Kier alpha value is -2.87. The quantitative estimate of drug-likeness (QED) is 0.618. The van der Waals surface area contributed by atoms with Crippen molar-refractivity contribution in [2.75, 3.05) is 24.2 Å². The van der Waals surface area contributed by atoms with Crippen LogP contribution in [0.5, 0.6) is 0 Å². The maximum Gasteiger partial charge on any atom is 0.342 e. The zero-order valence-electron chi connectivity index (χ0n) is 15.0. The van der Waals surface area contributed by atoms with E-state index in [0.717, 1.165) is 10.6 Å². The first-order chi connectivity index (χ1) is 12.7. The molecule has 142 valence electrons. The number of anilines is 1. The Bertz CT molecular complexity index is 1100. The summed E-state index contributed by atoms with van der Waals surface area (Å²) in [5.41, 5.74) is 1.44. The van der Waals surface area contributed by atoms with Crippen molar-refractivity contribution >= 4 is 32.6 Å². The molecule has 0 fully saturated rings. The highest BCUT2D eigenvalue weighted by Crippen LogP contribution is 2.36. The van der Waals surface area contributed by atoms with Crippen LogP contribution >= 0.6 is 0 Å². The molecule has 3 rings (SSSR count). The molecule has 0 amide bonds. The molecular formula is C19H18FNO5S. The van der Waals surface area contributed by atoms with E-state index in [9.17, 15) is 17.6 Å². The van der Waals surface area contributed by atoms with E-state index in [1.54, 1.807) is 19.1 Å². The van der Waals surface area contributed by atoms with Crippen molar-refractivity contribution in [3.05, 3.63) is 53.8 Å². The highest BCUT2D eigenvalue weighted by molar-refractivity contribution is 7.92. The molecule has 0 unspecified atom stereocenters. The number of carbonyl (C=O) groups is 1. The van der Waals surface area contributed by atoms with Crippen molar-refractivity contribution in [2.24, 2.45) is 0 Å². The molecule has 0 saturated heterocycles. The first-order valence-corrected chi connectivity index (χ1v) is 10.0. The Morgan fingerprint density at radius 1 is 1.19 bits per heavy atom. The van der Waals surface area contributed by atoms with E-state index >= 15 is 0 Å². The summed E-state index contributed by atoms with van der Waals surface area (Å²) in [5, 5.41) is 0.485. The van der Waals surface area contributed by atoms with Crippen LogP contribution in [0.2, 0.25) is 0 Å². The number of halogens is 1. The first-order valence-electron chi connectivity index (χ1n) is 8.16. The zero-order chi connectivity index (χ0) is 19.8. The van der Waals surface area contributed by atoms with Gasteiger partial charge in [-0.15, -0.1) is 0 Å². The Kier molecular flexibility index (Phi) is 4.93. The van der Waals surface area contributed by atoms with Crippen LogP contribution in [-0.2, 0) is 14.8 Å². The zero-order valence-corrected chi connectivity index (χ0v) is 15.8. The van der Waals surface area contributed by atoms with Gasteiger partial charge in [0.1, 0.15) is 22.7 Å². The summed E-state index contributed by atoms with van der Waals surface area (Å²) in [6, 6.07) is 10.2. The lowest BCUT2D eigenvalue weighted by atomic mass is 10.1. The van der Waals surface area contributed by atoms with Crippen LogP contribution in [0.4, 0.5) is 10.1 Å². The van der Waals surface area contributed by atoms with Gasteiger partial charge in [0.15, 0.2) is 0 Å². The summed E-state index contributed by atoms with van der Waals surface area (Å²) in [7, 11) is -2.03. The van der Waals surface area contributed by atoms with Crippen LogP contribution in [-0.4, -0.2) is 34.3 Å². The fourth-order valence-corrected chi connectivity index (χ4v) is 3.18. The van der Waals surface area contributed by atoms with Crippen LogP contribution in [0.15, 0.2) is 46.9 Å². The molecule has 0 saturated carbocycles. The third-order valence-electron chi connectivity index (χ3n) is 4.12. The summed E-state index contributed by atoms with van der Waals surface area (Å²) < 4.78 is 48.9. The number of esters is 1. The topological polar surface area (TPSA) is 76.8 Å². The number of hydrogen-bond donors (Lipinski definition) is 0. The van der Waals surface area contributed by atoms with Gasteiger partial charge in [-0.3, -0.25) is 4.31 Å². The molecule has 0 radical (unpaired) electrons. The Morgan fingerprint density at radius 3 is 2.44 bits per heavy atom. The maximum absolute atomic E-state index is 13.3. The minimum absolute atomic E-state index is 0.184. The number of furan rings is 1. The molecular weight excluding hydrogens is 373 g/mol. The van der Waals surface area contributed by atoms with Gasteiger partial charge < -0.3 is 9.15 Å². The molecule has 1 aromatic heterocycles. The maximum atomic E-state index is 13.3. The number of sulfonamides is 1. The second-order valence-electron chi connectivity index (χ2n) is 5.94. The van der Waals surface area contributed by atoms with Crippen LogP contribution in [0.3, 0.4) is 0 Å². The van der Waals surface area contributed by atoms with Gasteiger partial charge >= 0.3 is 5.97 Å². The van der Waals surface area contributed by atoms with Gasteiger partial charge in [0.25, 0.3) is 0 Å². The van der Waals surface area contributed by atoms with E-state index < -0.39 is 21.8 Å². The van der Waals surface area contributed by atoms with Crippen LogP contribution in [0.25, 0.3) is 22.3 Å². The van der Waals surface area contributed by atoms with Crippen LogP contribution in [0, 0.1) is 5.82 Å². The minimum atomic E-state index is -3.45. The molecule has 6 nitrogen and oxygen atoms in total. The molecule has 2 aromatic carbocycles. The van der Waals surface area contributed by atoms with Gasteiger partial charge in [0.05, 0.1) is 18.6 Å². The van der Waals surface area contributed by atoms with Gasteiger partial charge in [-0.2, -0.15) is 0 Å². The predicted octanol–water partition coefficient (Wildman–Crippen LogP) is 3.81. The van der Waals surface area contributed by atoms with Crippen molar-refractivity contribution in [1.29, 1.82) is 0 Å². The normalized spacial score (nSPS) is 11.6. The number of ether oxygens (including phenoxy) is 1. The molecule has 3 aromatic rings. The number of carbonyl (C=O) groups excluding carboxylic acids is 1. The number of nitrogens with zero attached hydrogens (tertiary/aromatic N) is 1. The Balaban J connectivity index is 2.22. The summed E-state index contributed by atoms with van der Waals surface area (Å²) in [5.74, 6) is -0.744. The molecule has 27 heavy (non-hydrogen) atoms. The average Bonchev–Trinajstić information content (AvgIpc) is 2.99. The third kappa shape index (κ3) is 3.66. The lowest BCUT2D eigenvalue weighted by molar-refractivity contribution is 0.0528. The second kappa shape index (κ2) is 7.03. The minimum Gasteiger partial charge on any atom is -0.462 e. The molecule has 0 aliphatic heterocycles. The molecule has 0 atom stereocenters. The Labute approximate surface area is 156 Å². The van der Waals surface area contributed by atoms with Crippen LogP contribution < -0.4 is 4.31 Å². The molecule has 1 heterocycles. The summed E-state index contributed by atoms with van der Waals surface area (Å²) in [6.45, 7) is 1.88. The number of rotatable bonds is 5.